The molecule has 1 aromatic rings. The van der Waals surface area contributed by atoms with Gasteiger partial charge in [0.15, 0.2) is 0 Å². The van der Waals surface area contributed by atoms with E-state index in [1.54, 1.807) is 6.08 Å². The number of hydrogen-bond donors (Lipinski definition) is 1. The largest absolute Gasteiger partial charge is 0.480 e. The number of carbonyl (C=O) groups excluding carboxylic acids is 1. The SMILES string of the molecule is CCCCC(C(=O)O)N1C(=O)C(=Cc2cccn2C)SC1=S. The Kier molecular flexibility index (Phi) is 5.42. The van der Waals surface area contributed by atoms with Gasteiger partial charge in [0.1, 0.15) is 10.4 Å². The van der Waals surface area contributed by atoms with Gasteiger partial charge < -0.3 is 9.67 Å². The average molecular weight is 338 g/mol. The van der Waals surface area contributed by atoms with E-state index in [0.717, 1.165) is 30.3 Å². The molecule has 118 valence electrons. The number of nitrogens with zero attached hydrogens (tertiary/aromatic N) is 2. The quantitative estimate of drug-likeness (QED) is 0.638. The third-order valence-corrected chi connectivity index (χ3v) is 4.84. The van der Waals surface area contributed by atoms with E-state index in [2.05, 4.69) is 0 Å². The molecular formula is C15H18N2O3S2. The minimum absolute atomic E-state index is 0.314. The standard InChI is InChI=1S/C15H18N2O3S2/c1-3-4-7-11(14(19)20)17-13(18)12(22-15(17)21)9-10-6-5-8-16(10)2/h5-6,8-9,11H,3-4,7H2,1-2H3,(H,19,20). The predicted octanol–water partition coefficient (Wildman–Crippen LogP) is 2.87. The lowest BCUT2D eigenvalue weighted by Crippen LogP contribution is -2.43. The molecule has 1 unspecified atom stereocenters. The van der Waals surface area contributed by atoms with E-state index in [-0.39, 0.29) is 5.91 Å². The van der Waals surface area contributed by atoms with Gasteiger partial charge in [0, 0.05) is 18.9 Å². The summed E-state index contributed by atoms with van der Waals surface area (Å²) in [6.07, 6.45) is 5.66. The first-order valence-corrected chi connectivity index (χ1v) is 8.29. The van der Waals surface area contributed by atoms with Crippen molar-refractivity contribution in [2.45, 2.75) is 32.2 Å². The van der Waals surface area contributed by atoms with Crippen LogP contribution in [0.4, 0.5) is 0 Å². The number of unbranched alkanes of at least 4 members (excludes halogenated alkanes) is 1. The summed E-state index contributed by atoms with van der Waals surface area (Å²) in [6.45, 7) is 1.98. The van der Waals surface area contributed by atoms with Crippen molar-refractivity contribution in [2.75, 3.05) is 0 Å². The molecule has 0 radical (unpaired) electrons. The average Bonchev–Trinajstić information content (AvgIpc) is 2.97. The molecule has 1 aromatic heterocycles. The Balaban J connectivity index is 2.26. The van der Waals surface area contributed by atoms with Crippen LogP contribution in [0.1, 0.15) is 31.9 Å². The fourth-order valence-corrected chi connectivity index (χ4v) is 3.61. The van der Waals surface area contributed by atoms with Crippen LogP contribution in [0.5, 0.6) is 0 Å². The maximum absolute atomic E-state index is 12.5. The molecule has 0 spiro atoms. The van der Waals surface area contributed by atoms with Crippen molar-refractivity contribution in [2.24, 2.45) is 7.05 Å². The summed E-state index contributed by atoms with van der Waals surface area (Å²) in [5, 5.41) is 9.40. The highest BCUT2D eigenvalue weighted by Crippen LogP contribution is 2.35. The fourth-order valence-electron chi connectivity index (χ4n) is 2.27. The summed E-state index contributed by atoms with van der Waals surface area (Å²) in [4.78, 5) is 25.7. The minimum atomic E-state index is -1.01. The van der Waals surface area contributed by atoms with Gasteiger partial charge in [-0.1, -0.05) is 43.7 Å². The van der Waals surface area contributed by atoms with Crippen molar-refractivity contribution in [3.05, 3.63) is 28.9 Å². The molecule has 2 heterocycles. The number of hydrogen-bond acceptors (Lipinski definition) is 4. The van der Waals surface area contributed by atoms with Crippen molar-refractivity contribution in [3.8, 4) is 0 Å². The number of aryl methyl sites for hydroxylation is 1. The number of rotatable bonds is 6. The molecule has 1 amide bonds. The van der Waals surface area contributed by atoms with Gasteiger partial charge in [0.05, 0.1) is 4.91 Å². The normalized spacial score (nSPS) is 18.3. The smallest absolute Gasteiger partial charge is 0.326 e. The zero-order valence-corrected chi connectivity index (χ0v) is 14.1. The van der Waals surface area contributed by atoms with Crippen molar-refractivity contribution in [1.29, 1.82) is 0 Å². The first-order valence-electron chi connectivity index (χ1n) is 7.07. The molecule has 1 N–H and O–H groups in total. The Morgan fingerprint density at radius 2 is 2.27 bits per heavy atom. The third-order valence-electron chi connectivity index (χ3n) is 3.51. The van der Waals surface area contributed by atoms with Gasteiger partial charge in [-0.15, -0.1) is 0 Å². The number of carboxylic acid groups (broad SMARTS) is 1. The monoisotopic (exact) mass is 338 g/mol. The molecule has 1 saturated heterocycles. The number of thioether (sulfide) groups is 1. The highest BCUT2D eigenvalue weighted by atomic mass is 32.2. The summed E-state index contributed by atoms with van der Waals surface area (Å²) in [5.41, 5.74) is 0.876. The van der Waals surface area contributed by atoms with E-state index >= 15 is 0 Å². The molecule has 0 aromatic carbocycles. The van der Waals surface area contributed by atoms with Gasteiger partial charge in [-0.25, -0.2) is 4.79 Å². The lowest BCUT2D eigenvalue weighted by molar-refractivity contribution is -0.145. The molecule has 7 heteroatoms. The van der Waals surface area contributed by atoms with Gasteiger partial charge in [-0.2, -0.15) is 0 Å². The third kappa shape index (κ3) is 3.41. The van der Waals surface area contributed by atoms with Gasteiger partial charge >= 0.3 is 5.97 Å². The number of aliphatic carboxylic acids is 1. The zero-order valence-electron chi connectivity index (χ0n) is 12.5. The number of aromatic nitrogens is 1. The molecule has 1 fully saturated rings. The van der Waals surface area contributed by atoms with Crippen LogP contribution in [0.15, 0.2) is 23.2 Å². The highest BCUT2D eigenvalue weighted by Gasteiger charge is 2.40. The van der Waals surface area contributed by atoms with E-state index in [1.165, 1.54) is 4.90 Å². The van der Waals surface area contributed by atoms with E-state index in [0.29, 0.717) is 15.6 Å². The van der Waals surface area contributed by atoms with Crippen molar-refractivity contribution in [1.82, 2.24) is 9.47 Å². The van der Waals surface area contributed by atoms with Crippen LogP contribution in [0.25, 0.3) is 6.08 Å². The highest BCUT2D eigenvalue weighted by molar-refractivity contribution is 8.26. The van der Waals surface area contributed by atoms with Crippen molar-refractivity contribution >= 4 is 46.3 Å². The predicted molar refractivity (Wildman–Crippen MR) is 91.4 cm³/mol. The Morgan fingerprint density at radius 3 is 2.82 bits per heavy atom. The van der Waals surface area contributed by atoms with Crippen LogP contribution >= 0.6 is 24.0 Å². The summed E-state index contributed by atoms with van der Waals surface area (Å²) < 4.78 is 2.20. The molecule has 1 aliphatic heterocycles. The summed E-state index contributed by atoms with van der Waals surface area (Å²) >= 11 is 6.39. The van der Waals surface area contributed by atoms with Crippen LogP contribution in [0.3, 0.4) is 0 Å². The van der Waals surface area contributed by atoms with Gasteiger partial charge in [0.2, 0.25) is 0 Å². The Labute approximate surface area is 139 Å². The van der Waals surface area contributed by atoms with E-state index < -0.39 is 12.0 Å². The van der Waals surface area contributed by atoms with Gasteiger partial charge in [-0.05, 0) is 24.6 Å². The molecule has 1 atom stereocenters. The maximum Gasteiger partial charge on any atom is 0.326 e. The number of carbonyl (C=O) groups is 2. The first-order chi connectivity index (χ1) is 10.5. The molecule has 0 bridgehead atoms. The van der Waals surface area contributed by atoms with Gasteiger partial charge in [-0.3, -0.25) is 9.69 Å². The zero-order chi connectivity index (χ0) is 16.3. The lowest BCUT2D eigenvalue weighted by Gasteiger charge is -2.22. The van der Waals surface area contributed by atoms with Crippen LogP contribution in [0, 0.1) is 0 Å². The fraction of sp³-hybridized carbons (Fsp3) is 0.400. The molecule has 0 saturated carbocycles. The van der Waals surface area contributed by atoms with Crippen LogP contribution < -0.4 is 0 Å². The van der Waals surface area contributed by atoms with Crippen LogP contribution in [-0.4, -0.2) is 36.8 Å². The minimum Gasteiger partial charge on any atom is -0.480 e. The number of carboxylic acids is 1. The van der Waals surface area contributed by atoms with Crippen molar-refractivity contribution in [3.63, 3.8) is 0 Å². The van der Waals surface area contributed by atoms with Crippen molar-refractivity contribution < 1.29 is 14.7 Å². The molecule has 2 rings (SSSR count). The first kappa shape index (κ1) is 16.8. The molecule has 22 heavy (non-hydrogen) atoms. The summed E-state index contributed by atoms with van der Waals surface area (Å²) in [5.74, 6) is -1.33. The second kappa shape index (κ2) is 7.11. The van der Waals surface area contributed by atoms with Gasteiger partial charge in [0.25, 0.3) is 5.91 Å². The summed E-state index contributed by atoms with van der Waals surface area (Å²) in [7, 11) is 1.88. The van der Waals surface area contributed by atoms with E-state index in [1.807, 2.05) is 36.9 Å². The molecule has 0 aliphatic carbocycles. The molecule has 5 nitrogen and oxygen atoms in total. The number of amides is 1. The summed E-state index contributed by atoms with van der Waals surface area (Å²) in [6, 6.07) is 2.89. The Hall–Kier alpha value is -1.60. The van der Waals surface area contributed by atoms with E-state index in [9.17, 15) is 14.7 Å². The molecule has 1 aliphatic rings. The lowest BCUT2D eigenvalue weighted by atomic mass is 10.1. The van der Waals surface area contributed by atoms with Crippen LogP contribution in [0.2, 0.25) is 0 Å². The maximum atomic E-state index is 12.5. The van der Waals surface area contributed by atoms with E-state index in [4.69, 9.17) is 12.2 Å². The topological polar surface area (TPSA) is 62.5 Å². The Bertz CT molecular complexity index is 636. The Morgan fingerprint density at radius 1 is 1.55 bits per heavy atom. The number of thiocarbonyl (C=S) groups is 1. The second-order valence-corrected chi connectivity index (χ2v) is 6.77. The molecular weight excluding hydrogens is 320 g/mol. The van der Waals surface area contributed by atoms with Crippen LogP contribution in [-0.2, 0) is 16.6 Å². The second-order valence-electron chi connectivity index (χ2n) is 5.09.